The van der Waals surface area contributed by atoms with Crippen LogP contribution in [-0.4, -0.2) is 18.7 Å². The Morgan fingerprint density at radius 2 is 2.12 bits per heavy atom. The van der Waals surface area contributed by atoms with Crippen molar-refractivity contribution in [2.75, 3.05) is 13.2 Å². The molecule has 94 valence electrons. The molecule has 0 saturated carbocycles. The van der Waals surface area contributed by atoms with Crippen LogP contribution in [-0.2, 0) is 4.74 Å². The molecule has 0 aliphatic carbocycles. The Labute approximate surface area is 112 Å². The summed E-state index contributed by atoms with van der Waals surface area (Å²) in [4.78, 5) is 0. The lowest BCUT2D eigenvalue weighted by Gasteiger charge is -2.23. The van der Waals surface area contributed by atoms with Crippen LogP contribution in [0, 0.1) is 0 Å². The second-order valence-corrected chi connectivity index (χ2v) is 5.88. The van der Waals surface area contributed by atoms with Crippen LogP contribution in [0.4, 0.5) is 0 Å². The van der Waals surface area contributed by atoms with E-state index in [0.29, 0.717) is 10.0 Å². The van der Waals surface area contributed by atoms with Crippen LogP contribution in [0.15, 0.2) is 18.2 Å². The smallest absolute Gasteiger partial charge is 0.0964 e. The van der Waals surface area contributed by atoms with Gasteiger partial charge in [0.15, 0.2) is 0 Å². The number of benzene rings is 1. The molecule has 0 spiro atoms. The summed E-state index contributed by atoms with van der Waals surface area (Å²) in [6.07, 6.45) is 0.963. The van der Waals surface area contributed by atoms with E-state index in [4.69, 9.17) is 27.9 Å². The first-order valence-corrected chi connectivity index (χ1v) is 6.55. The first kappa shape index (κ1) is 13.2. The van der Waals surface area contributed by atoms with Gasteiger partial charge in [-0.3, -0.25) is 0 Å². The van der Waals surface area contributed by atoms with Gasteiger partial charge in [0.25, 0.3) is 0 Å². The topological polar surface area (TPSA) is 21.3 Å². The van der Waals surface area contributed by atoms with E-state index >= 15 is 0 Å². The highest BCUT2D eigenvalue weighted by Crippen LogP contribution is 2.30. The van der Waals surface area contributed by atoms with Gasteiger partial charge in [0.2, 0.25) is 0 Å². The molecule has 1 aromatic carbocycles. The highest BCUT2D eigenvalue weighted by atomic mass is 35.5. The molecular formula is C13H17Cl2NO. The summed E-state index contributed by atoms with van der Waals surface area (Å²) < 4.78 is 5.85. The van der Waals surface area contributed by atoms with Crippen molar-refractivity contribution >= 4 is 23.2 Å². The number of hydrogen-bond donors (Lipinski definition) is 1. The van der Waals surface area contributed by atoms with Crippen molar-refractivity contribution in [2.24, 2.45) is 0 Å². The van der Waals surface area contributed by atoms with Gasteiger partial charge in [0, 0.05) is 34.3 Å². The maximum absolute atomic E-state index is 6.19. The molecule has 2 nitrogen and oxygen atoms in total. The molecule has 0 amide bonds. The van der Waals surface area contributed by atoms with E-state index < -0.39 is 0 Å². The Hall–Kier alpha value is -0.280. The Morgan fingerprint density at radius 1 is 1.35 bits per heavy atom. The maximum atomic E-state index is 6.19. The molecule has 1 aliphatic rings. The van der Waals surface area contributed by atoms with Gasteiger partial charge in [-0.1, -0.05) is 23.2 Å². The average molecular weight is 274 g/mol. The Morgan fingerprint density at radius 3 is 2.88 bits per heavy atom. The van der Waals surface area contributed by atoms with E-state index in [-0.39, 0.29) is 11.6 Å². The summed E-state index contributed by atoms with van der Waals surface area (Å²) in [5.74, 6) is 0. The number of hydrogen-bond acceptors (Lipinski definition) is 2. The van der Waals surface area contributed by atoms with Crippen LogP contribution in [0.5, 0.6) is 0 Å². The summed E-state index contributed by atoms with van der Waals surface area (Å²) >= 11 is 12.2. The van der Waals surface area contributed by atoms with Gasteiger partial charge in [-0.15, -0.1) is 0 Å². The summed E-state index contributed by atoms with van der Waals surface area (Å²) in [7, 11) is 0. The van der Waals surface area contributed by atoms with E-state index in [1.165, 1.54) is 0 Å². The molecule has 0 bridgehead atoms. The molecule has 0 aromatic heterocycles. The highest BCUT2D eigenvalue weighted by Gasteiger charge is 2.26. The third-order valence-electron chi connectivity index (χ3n) is 3.12. The molecule has 1 aliphatic heterocycles. The molecule has 4 heteroatoms. The van der Waals surface area contributed by atoms with Crippen molar-refractivity contribution in [1.82, 2.24) is 5.32 Å². The van der Waals surface area contributed by atoms with Gasteiger partial charge in [-0.05, 0) is 38.5 Å². The maximum Gasteiger partial charge on any atom is 0.0964 e. The lowest BCUT2D eigenvalue weighted by molar-refractivity contribution is 0.0657. The molecule has 1 fully saturated rings. The monoisotopic (exact) mass is 273 g/mol. The molecule has 1 atom stereocenters. The van der Waals surface area contributed by atoms with Crippen molar-refractivity contribution in [1.29, 1.82) is 0 Å². The first-order chi connectivity index (χ1) is 7.98. The van der Waals surface area contributed by atoms with E-state index in [2.05, 4.69) is 19.2 Å². The minimum Gasteiger partial charge on any atom is -0.372 e. The van der Waals surface area contributed by atoms with Gasteiger partial charge >= 0.3 is 0 Å². The SMILES string of the molecule is CC1(C)CCOC(c2cc(Cl)ccc2Cl)CN1. The third-order valence-corrected chi connectivity index (χ3v) is 3.70. The molecule has 0 radical (unpaired) electrons. The van der Waals surface area contributed by atoms with Gasteiger partial charge in [0.05, 0.1) is 6.10 Å². The Bertz CT molecular complexity index is 406. The molecule has 1 heterocycles. The number of halogens is 2. The molecule has 1 N–H and O–H groups in total. The Balaban J connectivity index is 2.19. The van der Waals surface area contributed by atoms with Crippen molar-refractivity contribution in [3.8, 4) is 0 Å². The zero-order chi connectivity index (χ0) is 12.5. The van der Waals surface area contributed by atoms with Crippen LogP contribution in [0.25, 0.3) is 0 Å². The van der Waals surface area contributed by atoms with E-state index in [1.807, 2.05) is 12.1 Å². The predicted octanol–water partition coefficient (Wildman–Crippen LogP) is 3.82. The minimum absolute atomic E-state index is 0.0250. The summed E-state index contributed by atoms with van der Waals surface area (Å²) in [6.45, 7) is 5.84. The lowest BCUT2D eigenvalue weighted by atomic mass is 10.0. The molecular weight excluding hydrogens is 257 g/mol. The fraction of sp³-hybridized carbons (Fsp3) is 0.538. The second kappa shape index (κ2) is 5.15. The standard InChI is InChI=1S/C13H17Cl2NO/c1-13(2)5-6-17-12(8-16-13)10-7-9(14)3-4-11(10)15/h3-4,7,12,16H,5-6,8H2,1-2H3. The van der Waals surface area contributed by atoms with Crippen LogP contribution in [0.3, 0.4) is 0 Å². The molecule has 1 saturated heterocycles. The van der Waals surface area contributed by atoms with E-state index in [1.54, 1.807) is 6.07 Å². The fourth-order valence-electron chi connectivity index (χ4n) is 1.93. The lowest BCUT2D eigenvalue weighted by Crippen LogP contribution is -2.39. The summed E-state index contributed by atoms with van der Waals surface area (Å²) in [5.41, 5.74) is 1.07. The van der Waals surface area contributed by atoms with E-state index in [9.17, 15) is 0 Å². The van der Waals surface area contributed by atoms with Gasteiger partial charge < -0.3 is 10.1 Å². The number of rotatable bonds is 1. The normalized spacial score (nSPS) is 24.4. The van der Waals surface area contributed by atoms with Crippen LogP contribution in [0.2, 0.25) is 10.0 Å². The van der Waals surface area contributed by atoms with Crippen molar-refractivity contribution < 1.29 is 4.74 Å². The largest absolute Gasteiger partial charge is 0.372 e. The second-order valence-electron chi connectivity index (χ2n) is 5.04. The minimum atomic E-state index is -0.0250. The zero-order valence-corrected chi connectivity index (χ0v) is 11.6. The molecule has 1 unspecified atom stereocenters. The van der Waals surface area contributed by atoms with Crippen LogP contribution >= 0.6 is 23.2 Å². The van der Waals surface area contributed by atoms with Gasteiger partial charge in [-0.25, -0.2) is 0 Å². The fourth-order valence-corrected chi connectivity index (χ4v) is 2.35. The van der Waals surface area contributed by atoms with Gasteiger partial charge in [-0.2, -0.15) is 0 Å². The average Bonchev–Trinajstić information content (AvgIpc) is 2.43. The molecule has 1 aromatic rings. The quantitative estimate of drug-likeness (QED) is 0.840. The predicted molar refractivity (Wildman–Crippen MR) is 71.9 cm³/mol. The third kappa shape index (κ3) is 3.35. The summed E-state index contributed by atoms with van der Waals surface area (Å²) in [5, 5.41) is 4.89. The molecule has 2 rings (SSSR count). The van der Waals surface area contributed by atoms with Crippen molar-refractivity contribution in [3.05, 3.63) is 33.8 Å². The van der Waals surface area contributed by atoms with Crippen LogP contribution < -0.4 is 5.32 Å². The van der Waals surface area contributed by atoms with Gasteiger partial charge in [0.1, 0.15) is 0 Å². The van der Waals surface area contributed by atoms with Crippen molar-refractivity contribution in [3.63, 3.8) is 0 Å². The van der Waals surface area contributed by atoms with E-state index in [0.717, 1.165) is 25.1 Å². The number of ether oxygens (including phenoxy) is 1. The zero-order valence-electron chi connectivity index (χ0n) is 10.1. The Kier molecular flexibility index (Phi) is 3.99. The summed E-state index contributed by atoms with van der Waals surface area (Å²) in [6, 6.07) is 5.49. The highest BCUT2D eigenvalue weighted by molar-refractivity contribution is 6.33. The van der Waals surface area contributed by atoms with Crippen molar-refractivity contribution in [2.45, 2.75) is 31.9 Å². The molecule has 17 heavy (non-hydrogen) atoms. The first-order valence-electron chi connectivity index (χ1n) is 5.79. The van der Waals surface area contributed by atoms with Crippen LogP contribution in [0.1, 0.15) is 31.9 Å². The number of nitrogens with one attached hydrogen (secondary N) is 1.